The fourth-order valence-electron chi connectivity index (χ4n) is 4.90. The maximum atomic E-state index is 13.1. The fraction of sp³-hybridized carbons (Fsp3) is 0.360. The summed E-state index contributed by atoms with van der Waals surface area (Å²) >= 11 is 0. The van der Waals surface area contributed by atoms with E-state index < -0.39 is 12.6 Å². The van der Waals surface area contributed by atoms with Crippen molar-refractivity contribution in [3.63, 3.8) is 0 Å². The second kappa shape index (κ2) is 10.3. The SMILES string of the molecule is CC[n+]1c(CN2C(=O)c3ccccc3C2=O)n(C[C@@H]2CCCO2)c2cccc(OCC(=O)O)c21.[I-]. The van der Waals surface area contributed by atoms with Gasteiger partial charge in [-0.1, -0.05) is 18.2 Å². The van der Waals surface area contributed by atoms with E-state index in [1.807, 2.05) is 23.6 Å². The van der Waals surface area contributed by atoms with Crippen molar-refractivity contribution < 1.29 is 57.5 Å². The minimum atomic E-state index is -1.06. The van der Waals surface area contributed by atoms with Crippen LogP contribution in [0.5, 0.6) is 5.75 Å². The van der Waals surface area contributed by atoms with Gasteiger partial charge in [-0.05, 0) is 44.0 Å². The van der Waals surface area contributed by atoms with Crippen LogP contribution >= 0.6 is 0 Å². The molecule has 3 heterocycles. The van der Waals surface area contributed by atoms with Crippen LogP contribution in [0.1, 0.15) is 46.3 Å². The molecule has 2 aliphatic heterocycles. The first-order valence-electron chi connectivity index (χ1n) is 11.4. The third-order valence-electron chi connectivity index (χ3n) is 6.42. The van der Waals surface area contributed by atoms with Crippen LogP contribution in [-0.4, -0.2) is 51.7 Å². The average molecular weight is 591 g/mol. The molecule has 1 fully saturated rings. The van der Waals surface area contributed by atoms with E-state index in [2.05, 4.69) is 4.57 Å². The Morgan fingerprint density at radius 3 is 2.46 bits per heavy atom. The number of ether oxygens (including phenoxy) is 2. The van der Waals surface area contributed by atoms with E-state index in [1.54, 1.807) is 30.3 Å². The maximum Gasteiger partial charge on any atom is 0.341 e. The predicted octanol–water partition coefficient (Wildman–Crippen LogP) is -0.609. The number of carboxylic acid groups (broad SMARTS) is 1. The molecule has 0 unspecified atom stereocenters. The lowest BCUT2D eigenvalue weighted by molar-refractivity contribution is -0.677. The third-order valence-corrected chi connectivity index (χ3v) is 6.42. The van der Waals surface area contributed by atoms with Crippen LogP contribution in [0.4, 0.5) is 0 Å². The van der Waals surface area contributed by atoms with Gasteiger partial charge in [0, 0.05) is 6.61 Å². The molecular weight excluding hydrogens is 565 g/mol. The van der Waals surface area contributed by atoms with Gasteiger partial charge in [0.1, 0.15) is 13.1 Å². The normalized spacial score (nSPS) is 17.1. The largest absolute Gasteiger partial charge is 1.00 e. The number of benzene rings is 2. The van der Waals surface area contributed by atoms with Gasteiger partial charge < -0.3 is 38.6 Å². The molecule has 0 radical (unpaired) electrons. The van der Waals surface area contributed by atoms with Crippen molar-refractivity contribution in [1.29, 1.82) is 0 Å². The van der Waals surface area contributed by atoms with Crippen molar-refractivity contribution in [2.24, 2.45) is 0 Å². The highest BCUT2D eigenvalue weighted by molar-refractivity contribution is 6.21. The van der Waals surface area contributed by atoms with E-state index >= 15 is 0 Å². The predicted molar refractivity (Wildman–Crippen MR) is 121 cm³/mol. The van der Waals surface area contributed by atoms with E-state index in [-0.39, 0.29) is 48.4 Å². The Hall–Kier alpha value is -2.99. The van der Waals surface area contributed by atoms with Gasteiger partial charge in [-0.2, -0.15) is 0 Å². The van der Waals surface area contributed by atoms with Crippen molar-refractivity contribution in [2.75, 3.05) is 13.2 Å². The molecule has 1 atom stereocenters. The summed E-state index contributed by atoms with van der Waals surface area (Å²) in [6.07, 6.45) is 1.93. The average Bonchev–Trinajstić information content (AvgIpc) is 3.52. The molecule has 2 aromatic carbocycles. The Balaban J connectivity index is 0.00000289. The number of aryl methyl sites for hydroxylation is 1. The number of para-hydroxylation sites is 1. The minimum Gasteiger partial charge on any atom is -1.00 e. The zero-order valence-electron chi connectivity index (χ0n) is 19.3. The lowest BCUT2D eigenvalue weighted by atomic mass is 10.1. The lowest BCUT2D eigenvalue weighted by Gasteiger charge is -2.14. The summed E-state index contributed by atoms with van der Waals surface area (Å²) in [7, 11) is 0. The number of carbonyl (C=O) groups excluding carboxylic acids is 2. The number of aromatic nitrogens is 2. The maximum absolute atomic E-state index is 13.1. The number of carbonyl (C=O) groups is 3. The van der Waals surface area contributed by atoms with Gasteiger partial charge in [-0.25, -0.2) is 13.9 Å². The Labute approximate surface area is 219 Å². The summed E-state index contributed by atoms with van der Waals surface area (Å²) in [5.41, 5.74) is 2.38. The van der Waals surface area contributed by atoms with Gasteiger partial charge in [-0.15, -0.1) is 0 Å². The standard InChI is InChI=1S/C25H25N3O6.HI/c1-2-26-21(14-28-24(31)17-8-3-4-9-18(17)25(28)32)27(13-16-7-6-12-33-16)19-10-5-11-20(23(19)26)34-15-22(29)30;/h3-5,8-11,16H,2,6-7,12-15H2,1H3;1H/t16-;/m0./s1. The molecule has 9 nitrogen and oxygen atoms in total. The second-order valence-corrected chi connectivity index (χ2v) is 8.45. The first-order chi connectivity index (χ1) is 16.5. The molecular formula is C25H26IN3O6. The second-order valence-electron chi connectivity index (χ2n) is 8.45. The Kier molecular flexibility index (Phi) is 7.41. The van der Waals surface area contributed by atoms with Crippen LogP contribution in [0.25, 0.3) is 11.0 Å². The molecule has 184 valence electrons. The molecule has 0 bridgehead atoms. The molecule has 1 aromatic heterocycles. The quantitative estimate of drug-likeness (QED) is 0.213. The molecule has 1 saturated heterocycles. The van der Waals surface area contributed by atoms with Crippen molar-refractivity contribution >= 4 is 28.8 Å². The zero-order chi connectivity index (χ0) is 23.8. The Bertz CT molecular complexity index is 1260. The van der Waals surface area contributed by atoms with Crippen LogP contribution in [0.2, 0.25) is 0 Å². The number of hydrogen-bond donors (Lipinski definition) is 1. The fourth-order valence-corrected chi connectivity index (χ4v) is 4.90. The molecule has 10 heteroatoms. The molecule has 3 aromatic rings. The van der Waals surface area contributed by atoms with Crippen LogP contribution in [0.15, 0.2) is 42.5 Å². The third kappa shape index (κ3) is 4.52. The number of aliphatic carboxylic acids is 1. The number of imide groups is 1. The highest BCUT2D eigenvalue weighted by Crippen LogP contribution is 2.29. The number of nitrogens with zero attached hydrogens (tertiary/aromatic N) is 3. The van der Waals surface area contributed by atoms with Gasteiger partial charge in [0.2, 0.25) is 5.52 Å². The Morgan fingerprint density at radius 2 is 1.86 bits per heavy atom. The molecule has 35 heavy (non-hydrogen) atoms. The monoisotopic (exact) mass is 591 g/mol. The molecule has 0 saturated carbocycles. The number of hydrogen-bond acceptors (Lipinski definition) is 5. The van der Waals surface area contributed by atoms with E-state index in [9.17, 15) is 14.4 Å². The van der Waals surface area contributed by atoms with E-state index in [0.717, 1.165) is 29.7 Å². The van der Waals surface area contributed by atoms with Crippen molar-refractivity contribution in [1.82, 2.24) is 9.47 Å². The van der Waals surface area contributed by atoms with E-state index in [0.29, 0.717) is 36.6 Å². The summed E-state index contributed by atoms with van der Waals surface area (Å²) in [6, 6.07) is 12.3. The highest BCUT2D eigenvalue weighted by Gasteiger charge is 2.39. The van der Waals surface area contributed by atoms with Gasteiger partial charge in [0.05, 0.1) is 23.8 Å². The van der Waals surface area contributed by atoms with Gasteiger partial charge >= 0.3 is 5.97 Å². The van der Waals surface area contributed by atoms with Crippen LogP contribution in [-0.2, 0) is 29.2 Å². The summed E-state index contributed by atoms with van der Waals surface area (Å²) in [5, 5.41) is 9.12. The summed E-state index contributed by atoms with van der Waals surface area (Å²) in [6.45, 7) is 3.40. The van der Waals surface area contributed by atoms with Gasteiger partial charge in [0.15, 0.2) is 17.9 Å². The molecule has 2 aliphatic rings. The topological polar surface area (TPSA) is 102 Å². The number of halogens is 1. The number of amides is 2. The number of imidazole rings is 1. The lowest BCUT2D eigenvalue weighted by Crippen LogP contribution is -3.00. The molecule has 5 rings (SSSR count). The molecule has 0 spiro atoms. The number of fused-ring (bicyclic) bond motifs is 2. The van der Waals surface area contributed by atoms with Crippen LogP contribution in [0, 0.1) is 0 Å². The smallest absolute Gasteiger partial charge is 0.341 e. The van der Waals surface area contributed by atoms with E-state index in [4.69, 9.17) is 14.6 Å². The van der Waals surface area contributed by atoms with Crippen LogP contribution < -0.4 is 33.3 Å². The highest BCUT2D eigenvalue weighted by atomic mass is 127. The van der Waals surface area contributed by atoms with Gasteiger partial charge in [0.25, 0.3) is 17.6 Å². The van der Waals surface area contributed by atoms with Gasteiger partial charge in [-0.3, -0.25) is 14.5 Å². The van der Waals surface area contributed by atoms with Crippen LogP contribution in [0.3, 0.4) is 0 Å². The first kappa shape index (κ1) is 25.1. The van der Waals surface area contributed by atoms with Crippen molar-refractivity contribution in [2.45, 2.75) is 45.5 Å². The number of rotatable bonds is 8. The summed E-state index contributed by atoms with van der Waals surface area (Å²) < 4.78 is 15.6. The first-order valence-corrected chi connectivity index (χ1v) is 11.4. The molecule has 0 aliphatic carbocycles. The summed E-state index contributed by atoms with van der Waals surface area (Å²) in [4.78, 5) is 38.6. The van der Waals surface area contributed by atoms with Crippen molar-refractivity contribution in [3.05, 3.63) is 59.4 Å². The molecule has 2 amide bonds. The number of carboxylic acids is 1. The van der Waals surface area contributed by atoms with E-state index in [1.165, 1.54) is 4.90 Å². The Morgan fingerprint density at radius 1 is 1.14 bits per heavy atom. The van der Waals surface area contributed by atoms with Crippen molar-refractivity contribution in [3.8, 4) is 5.75 Å². The summed E-state index contributed by atoms with van der Waals surface area (Å²) in [5.74, 6) is -0.505. The minimum absolute atomic E-state index is 0. The molecule has 1 N–H and O–H groups in total. The zero-order valence-corrected chi connectivity index (χ0v) is 21.4.